The lowest BCUT2D eigenvalue weighted by Gasteiger charge is -2.22. The SMILES string of the molecule is CCCC(C)NC(COC)C1CC1. The first kappa shape index (κ1) is 11.0. The topological polar surface area (TPSA) is 21.3 Å². The van der Waals surface area contributed by atoms with E-state index in [2.05, 4.69) is 19.2 Å². The highest BCUT2D eigenvalue weighted by Crippen LogP contribution is 2.33. The molecular weight excluding hydrogens is 162 g/mol. The van der Waals surface area contributed by atoms with Crippen LogP contribution in [0.25, 0.3) is 0 Å². The first-order valence-electron chi connectivity index (χ1n) is 5.53. The summed E-state index contributed by atoms with van der Waals surface area (Å²) in [4.78, 5) is 0. The van der Waals surface area contributed by atoms with Crippen LogP contribution in [0.2, 0.25) is 0 Å². The zero-order chi connectivity index (χ0) is 9.68. The molecule has 1 rings (SSSR count). The minimum Gasteiger partial charge on any atom is -0.383 e. The van der Waals surface area contributed by atoms with Crippen molar-refractivity contribution in [2.75, 3.05) is 13.7 Å². The number of methoxy groups -OCH3 is 1. The second-order valence-corrected chi connectivity index (χ2v) is 4.26. The predicted octanol–water partition coefficient (Wildman–Crippen LogP) is 2.19. The fraction of sp³-hybridized carbons (Fsp3) is 1.00. The fourth-order valence-corrected chi connectivity index (χ4v) is 1.88. The molecule has 2 heteroatoms. The molecule has 0 aliphatic heterocycles. The van der Waals surface area contributed by atoms with Crippen LogP contribution in [0.5, 0.6) is 0 Å². The van der Waals surface area contributed by atoms with Crippen molar-refractivity contribution in [2.24, 2.45) is 5.92 Å². The van der Waals surface area contributed by atoms with Crippen LogP contribution in [0.3, 0.4) is 0 Å². The summed E-state index contributed by atoms with van der Waals surface area (Å²) in [6.07, 6.45) is 5.31. The van der Waals surface area contributed by atoms with Crippen LogP contribution in [0.1, 0.15) is 39.5 Å². The summed E-state index contributed by atoms with van der Waals surface area (Å²) < 4.78 is 5.22. The molecule has 13 heavy (non-hydrogen) atoms. The van der Waals surface area contributed by atoms with Gasteiger partial charge in [0.1, 0.15) is 0 Å². The third-order valence-corrected chi connectivity index (χ3v) is 2.76. The summed E-state index contributed by atoms with van der Waals surface area (Å²) in [7, 11) is 1.79. The molecule has 0 bridgehead atoms. The number of rotatable bonds is 7. The van der Waals surface area contributed by atoms with E-state index in [1.54, 1.807) is 7.11 Å². The second-order valence-electron chi connectivity index (χ2n) is 4.26. The second kappa shape index (κ2) is 5.61. The molecular formula is C11H23NO. The standard InChI is InChI=1S/C11H23NO/c1-4-5-9(2)12-11(8-13-3)10-6-7-10/h9-12H,4-8H2,1-3H3. The van der Waals surface area contributed by atoms with Crippen LogP contribution in [0, 0.1) is 5.92 Å². The van der Waals surface area contributed by atoms with E-state index in [0.717, 1.165) is 12.5 Å². The van der Waals surface area contributed by atoms with Gasteiger partial charge < -0.3 is 10.1 Å². The zero-order valence-electron chi connectivity index (χ0n) is 9.18. The number of nitrogens with one attached hydrogen (secondary N) is 1. The van der Waals surface area contributed by atoms with Gasteiger partial charge in [0, 0.05) is 19.2 Å². The molecule has 0 amide bonds. The van der Waals surface area contributed by atoms with E-state index < -0.39 is 0 Å². The summed E-state index contributed by atoms with van der Waals surface area (Å²) in [6, 6.07) is 1.25. The van der Waals surface area contributed by atoms with Crippen molar-refractivity contribution in [3.8, 4) is 0 Å². The Morgan fingerprint density at radius 1 is 1.46 bits per heavy atom. The lowest BCUT2D eigenvalue weighted by molar-refractivity contribution is 0.151. The molecule has 1 N–H and O–H groups in total. The van der Waals surface area contributed by atoms with Gasteiger partial charge in [0.25, 0.3) is 0 Å². The van der Waals surface area contributed by atoms with E-state index in [0.29, 0.717) is 12.1 Å². The minimum absolute atomic E-state index is 0.603. The van der Waals surface area contributed by atoms with E-state index >= 15 is 0 Å². The van der Waals surface area contributed by atoms with Gasteiger partial charge in [-0.15, -0.1) is 0 Å². The van der Waals surface area contributed by atoms with Crippen LogP contribution in [-0.4, -0.2) is 25.8 Å². The number of ether oxygens (including phenoxy) is 1. The minimum atomic E-state index is 0.603. The molecule has 0 heterocycles. The molecule has 0 aromatic rings. The summed E-state index contributed by atoms with van der Waals surface area (Å²) in [5, 5.41) is 3.66. The van der Waals surface area contributed by atoms with Gasteiger partial charge in [0.05, 0.1) is 6.61 Å². The molecule has 0 spiro atoms. The maximum Gasteiger partial charge on any atom is 0.0618 e. The van der Waals surface area contributed by atoms with Crippen molar-refractivity contribution in [3.63, 3.8) is 0 Å². The Labute approximate surface area is 82.0 Å². The maximum atomic E-state index is 5.22. The molecule has 0 saturated heterocycles. The Balaban J connectivity index is 2.20. The highest BCUT2D eigenvalue weighted by atomic mass is 16.5. The van der Waals surface area contributed by atoms with Gasteiger partial charge in [-0.25, -0.2) is 0 Å². The van der Waals surface area contributed by atoms with Crippen molar-refractivity contribution in [3.05, 3.63) is 0 Å². The Hall–Kier alpha value is -0.0800. The summed E-state index contributed by atoms with van der Waals surface area (Å²) >= 11 is 0. The van der Waals surface area contributed by atoms with Gasteiger partial charge in [-0.2, -0.15) is 0 Å². The molecule has 1 aliphatic rings. The van der Waals surface area contributed by atoms with Crippen LogP contribution < -0.4 is 5.32 Å². The molecule has 78 valence electrons. The van der Waals surface area contributed by atoms with Crippen LogP contribution >= 0.6 is 0 Å². The van der Waals surface area contributed by atoms with Gasteiger partial charge in [0.15, 0.2) is 0 Å². The van der Waals surface area contributed by atoms with Crippen molar-refractivity contribution < 1.29 is 4.74 Å². The molecule has 0 radical (unpaired) electrons. The van der Waals surface area contributed by atoms with Gasteiger partial charge in [-0.3, -0.25) is 0 Å². The third-order valence-electron chi connectivity index (χ3n) is 2.76. The third kappa shape index (κ3) is 4.10. The average molecular weight is 185 g/mol. The fourth-order valence-electron chi connectivity index (χ4n) is 1.88. The average Bonchev–Trinajstić information content (AvgIpc) is 2.86. The van der Waals surface area contributed by atoms with Gasteiger partial charge in [-0.05, 0) is 32.1 Å². The summed E-state index contributed by atoms with van der Waals surface area (Å²) in [5.41, 5.74) is 0. The number of hydrogen-bond donors (Lipinski definition) is 1. The first-order valence-corrected chi connectivity index (χ1v) is 5.53. The van der Waals surface area contributed by atoms with Crippen molar-refractivity contribution in [2.45, 2.75) is 51.6 Å². The maximum absolute atomic E-state index is 5.22. The van der Waals surface area contributed by atoms with E-state index in [1.807, 2.05) is 0 Å². The summed E-state index contributed by atoms with van der Waals surface area (Å²) in [5.74, 6) is 0.888. The Bertz CT molecular complexity index is 134. The van der Waals surface area contributed by atoms with E-state index in [4.69, 9.17) is 4.74 Å². The number of hydrogen-bond acceptors (Lipinski definition) is 2. The molecule has 0 aromatic heterocycles. The Morgan fingerprint density at radius 3 is 2.62 bits per heavy atom. The quantitative estimate of drug-likeness (QED) is 0.656. The van der Waals surface area contributed by atoms with Crippen LogP contribution in [-0.2, 0) is 4.74 Å². The van der Waals surface area contributed by atoms with E-state index in [9.17, 15) is 0 Å². The van der Waals surface area contributed by atoms with Crippen molar-refractivity contribution in [1.82, 2.24) is 5.32 Å². The molecule has 1 fully saturated rings. The van der Waals surface area contributed by atoms with Gasteiger partial charge in [0.2, 0.25) is 0 Å². The first-order chi connectivity index (χ1) is 6.27. The molecule has 2 atom stereocenters. The normalized spacial score (nSPS) is 21.5. The molecule has 2 nitrogen and oxygen atoms in total. The Kier molecular flexibility index (Phi) is 4.74. The van der Waals surface area contributed by atoms with Crippen molar-refractivity contribution >= 4 is 0 Å². The monoisotopic (exact) mass is 185 g/mol. The van der Waals surface area contributed by atoms with Crippen LogP contribution in [0.15, 0.2) is 0 Å². The molecule has 0 aromatic carbocycles. The predicted molar refractivity (Wildman–Crippen MR) is 55.9 cm³/mol. The lowest BCUT2D eigenvalue weighted by Crippen LogP contribution is -2.40. The highest BCUT2D eigenvalue weighted by Gasteiger charge is 2.31. The largest absolute Gasteiger partial charge is 0.383 e. The Morgan fingerprint density at radius 2 is 2.15 bits per heavy atom. The molecule has 1 aliphatic carbocycles. The van der Waals surface area contributed by atoms with E-state index in [-0.39, 0.29) is 0 Å². The summed E-state index contributed by atoms with van der Waals surface area (Å²) in [6.45, 7) is 5.38. The van der Waals surface area contributed by atoms with Crippen molar-refractivity contribution in [1.29, 1.82) is 0 Å². The van der Waals surface area contributed by atoms with E-state index in [1.165, 1.54) is 25.7 Å². The lowest BCUT2D eigenvalue weighted by atomic mass is 10.1. The van der Waals surface area contributed by atoms with Gasteiger partial charge in [-0.1, -0.05) is 13.3 Å². The molecule has 1 saturated carbocycles. The zero-order valence-corrected chi connectivity index (χ0v) is 9.18. The molecule has 2 unspecified atom stereocenters. The highest BCUT2D eigenvalue weighted by molar-refractivity contribution is 4.87. The smallest absolute Gasteiger partial charge is 0.0618 e. The van der Waals surface area contributed by atoms with Crippen LogP contribution in [0.4, 0.5) is 0 Å². The van der Waals surface area contributed by atoms with Gasteiger partial charge >= 0.3 is 0 Å².